The van der Waals surface area contributed by atoms with Crippen molar-refractivity contribution in [1.82, 2.24) is 0 Å². The third kappa shape index (κ3) is 1.08. The number of carboxylic acids is 1. The fourth-order valence-electron chi connectivity index (χ4n) is 4.45. The molecule has 78 valence electrons. The van der Waals surface area contributed by atoms with Crippen LogP contribution >= 0.6 is 12.6 Å². The molecule has 0 aliphatic heterocycles. The molecule has 0 amide bonds. The fraction of sp³-hybridized carbons (Fsp3) is 0.909. The number of hydrogen-bond acceptors (Lipinski definition) is 3. The first-order chi connectivity index (χ1) is 6.51. The molecule has 0 unspecified atom stereocenters. The molecule has 0 aromatic carbocycles. The standard InChI is InChI=1S/C11H16O2S/c12-9(13)10-2-7-1-8(3-10)5-11(14,4-7)6-10/h7-8,14H,1-6H2,(H,12,13)/p-1/t7-,8-,10?,11?/m0/s1. The van der Waals surface area contributed by atoms with Crippen molar-refractivity contribution in [2.24, 2.45) is 17.3 Å². The highest BCUT2D eigenvalue weighted by molar-refractivity contribution is 7.81. The van der Waals surface area contributed by atoms with Gasteiger partial charge in [-0.1, -0.05) is 0 Å². The van der Waals surface area contributed by atoms with Crippen molar-refractivity contribution in [3.8, 4) is 0 Å². The second kappa shape index (κ2) is 2.49. The quantitative estimate of drug-likeness (QED) is 0.657. The Morgan fingerprint density at radius 2 is 1.79 bits per heavy atom. The minimum atomic E-state index is -0.815. The van der Waals surface area contributed by atoms with E-state index in [1.54, 1.807) is 0 Å². The molecule has 4 bridgehead atoms. The molecule has 0 spiro atoms. The van der Waals surface area contributed by atoms with E-state index in [2.05, 4.69) is 0 Å². The van der Waals surface area contributed by atoms with Gasteiger partial charge in [-0.3, -0.25) is 0 Å². The Balaban J connectivity index is 2.00. The molecule has 3 heteroatoms. The number of hydrogen-bond donors (Lipinski definition) is 1. The van der Waals surface area contributed by atoms with Crippen LogP contribution in [0.15, 0.2) is 0 Å². The van der Waals surface area contributed by atoms with Crippen molar-refractivity contribution < 1.29 is 9.90 Å². The van der Waals surface area contributed by atoms with Gasteiger partial charge in [-0.15, -0.1) is 0 Å². The van der Waals surface area contributed by atoms with Crippen molar-refractivity contribution in [1.29, 1.82) is 0 Å². The third-order valence-corrected chi connectivity index (χ3v) is 4.99. The van der Waals surface area contributed by atoms with Crippen molar-refractivity contribution in [2.45, 2.75) is 43.3 Å². The number of aliphatic carboxylic acids is 1. The summed E-state index contributed by atoms with van der Waals surface area (Å²) in [5.41, 5.74) is -0.508. The van der Waals surface area contributed by atoms with Crippen molar-refractivity contribution in [3.05, 3.63) is 0 Å². The van der Waals surface area contributed by atoms with Gasteiger partial charge in [0.25, 0.3) is 0 Å². The average molecular weight is 211 g/mol. The van der Waals surface area contributed by atoms with Gasteiger partial charge in [-0.2, -0.15) is 12.6 Å². The molecule has 2 atom stereocenters. The SMILES string of the molecule is O=C([O-])C12C[C@@H]3C[C@H](CC(S)(C3)C1)C2. The van der Waals surface area contributed by atoms with E-state index in [4.69, 9.17) is 12.6 Å². The predicted octanol–water partition coefficient (Wildman–Crippen LogP) is 1.01. The van der Waals surface area contributed by atoms with Crippen LogP contribution in [0.1, 0.15) is 38.5 Å². The highest BCUT2D eigenvalue weighted by Crippen LogP contribution is 2.63. The summed E-state index contributed by atoms with van der Waals surface area (Å²) in [6.45, 7) is 0. The molecule has 0 heterocycles. The van der Waals surface area contributed by atoms with Gasteiger partial charge >= 0.3 is 0 Å². The van der Waals surface area contributed by atoms with E-state index in [9.17, 15) is 9.90 Å². The zero-order chi connectivity index (χ0) is 9.97. The maximum Gasteiger partial charge on any atom is 0.0476 e. The number of carbonyl (C=O) groups is 1. The van der Waals surface area contributed by atoms with Crippen LogP contribution < -0.4 is 5.11 Å². The van der Waals surface area contributed by atoms with Crippen molar-refractivity contribution in [3.63, 3.8) is 0 Å². The maximum absolute atomic E-state index is 11.3. The lowest BCUT2D eigenvalue weighted by Gasteiger charge is -2.61. The Morgan fingerprint density at radius 3 is 2.21 bits per heavy atom. The molecule has 0 saturated heterocycles. The Bertz CT molecular complexity index is 286. The highest BCUT2D eigenvalue weighted by atomic mass is 32.1. The number of carbonyl (C=O) groups excluding carboxylic acids is 1. The van der Waals surface area contributed by atoms with E-state index in [1.165, 1.54) is 6.42 Å². The van der Waals surface area contributed by atoms with Crippen LogP contribution in [0, 0.1) is 17.3 Å². The van der Waals surface area contributed by atoms with Gasteiger partial charge in [0, 0.05) is 16.1 Å². The molecule has 4 aliphatic rings. The van der Waals surface area contributed by atoms with Gasteiger partial charge in [0.2, 0.25) is 0 Å². The third-order valence-electron chi connectivity index (χ3n) is 4.46. The smallest absolute Gasteiger partial charge is 0.0476 e. The van der Waals surface area contributed by atoms with Crippen molar-refractivity contribution in [2.75, 3.05) is 0 Å². The van der Waals surface area contributed by atoms with E-state index in [1.807, 2.05) is 0 Å². The normalized spacial score (nSPS) is 54.9. The van der Waals surface area contributed by atoms with Gasteiger partial charge < -0.3 is 9.90 Å². The van der Waals surface area contributed by atoms with Crippen LogP contribution in [-0.2, 0) is 4.79 Å². The van der Waals surface area contributed by atoms with E-state index in [-0.39, 0.29) is 4.75 Å². The molecule has 2 nitrogen and oxygen atoms in total. The van der Waals surface area contributed by atoms with Crippen LogP contribution in [0.3, 0.4) is 0 Å². The molecule has 4 fully saturated rings. The lowest BCUT2D eigenvalue weighted by Crippen LogP contribution is -2.59. The molecule has 0 aromatic rings. The zero-order valence-electron chi connectivity index (χ0n) is 8.16. The van der Waals surface area contributed by atoms with Crippen molar-refractivity contribution >= 4 is 18.6 Å². The maximum atomic E-state index is 11.3. The summed E-state index contributed by atoms with van der Waals surface area (Å²) in [7, 11) is 0. The Morgan fingerprint density at radius 1 is 1.21 bits per heavy atom. The minimum absolute atomic E-state index is 0.0180. The van der Waals surface area contributed by atoms with Gasteiger partial charge in [0.05, 0.1) is 0 Å². The number of carboxylic acid groups (broad SMARTS) is 1. The molecule has 4 saturated carbocycles. The fourth-order valence-corrected chi connectivity index (χ4v) is 5.27. The second-order valence-corrected chi connectivity index (χ2v) is 6.70. The summed E-state index contributed by atoms with van der Waals surface area (Å²) in [6.07, 6.45) is 5.95. The zero-order valence-corrected chi connectivity index (χ0v) is 9.06. The number of rotatable bonds is 1. The highest BCUT2D eigenvalue weighted by Gasteiger charge is 2.56. The van der Waals surface area contributed by atoms with Crippen LogP contribution in [0.2, 0.25) is 0 Å². The van der Waals surface area contributed by atoms with Gasteiger partial charge in [-0.05, 0) is 50.4 Å². The lowest BCUT2D eigenvalue weighted by atomic mass is 9.49. The Kier molecular flexibility index (Phi) is 1.61. The van der Waals surface area contributed by atoms with Crippen LogP contribution in [-0.4, -0.2) is 10.7 Å². The Labute approximate surface area is 89.5 Å². The summed E-state index contributed by atoms with van der Waals surface area (Å²) in [5.74, 6) is 0.392. The summed E-state index contributed by atoms with van der Waals surface area (Å²) >= 11 is 4.71. The summed E-state index contributed by atoms with van der Waals surface area (Å²) in [4.78, 5) is 11.3. The minimum Gasteiger partial charge on any atom is -0.550 e. The molecule has 4 rings (SSSR count). The molecule has 14 heavy (non-hydrogen) atoms. The molecular formula is C11H15O2S-. The monoisotopic (exact) mass is 211 g/mol. The molecule has 0 radical (unpaired) electrons. The average Bonchev–Trinajstić information content (AvgIpc) is 1.98. The van der Waals surface area contributed by atoms with Crippen LogP contribution in [0.4, 0.5) is 0 Å². The first-order valence-corrected chi connectivity index (χ1v) is 5.90. The van der Waals surface area contributed by atoms with E-state index >= 15 is 0 Å². The van der Waals surface area contributed by atoms with Gasteiger partial charge in [-0.25, -0.2) is 0 Å². The first kappa shape index (κ1) is 9.08. The molecule has 0 aromatic heterocycles. The molecular weight excluding hydrogens is 196 g/mol. The van der Waals surface area contributed by atoms with E-state index in [0.29, 0.717) is 11.8 Å². The van der Waals surface area contributed by atoms with E-state index < -0.39 is 11.4 Å². The predicted molar refractivity (Wildman–Crippen MR) is 53.8 cm³/mol. The Hall–Kier alpha value is -0.180. The summed E-state index contributed by atoms with van der Waals surface area (Å²) < 4.78 is 0.0180. The molecule has 0 N–H and O–H groups in total. The van der Waals surface area contributed by atoms with Crippen LogP contribution in [0.5, 0.6) is 0 Å². The molecule has 4 aliphatic carbocycles. The number of thiol groups is 1. The topological polar surface area (TPSA) is 40.1 Å². The summed E-state index contributed by atoms with van der Waals surface area (Å²) in [5, 5.41) is 11.3. The van der Waals surface area contributed by atoms with Gasteiger partial charge in [0.15, 0.2) is 0 Å². The van der Waals surface area contributed by atoms with Gasteiger partial charge in [0.1, 0.15) is 0 Å². The largest absolute Gasteiger partial charge is 0.550 e. The summed E-state index contributed by atoms with van der Waals surface area (Å²) in [6, 6.07) is 0. The van der Waals surface area contributed by atoms with E-state index in [0.717, 1.165) is 32.1 Å². The first-order valence-electron chi connectivity index (χ1n) is 5.45. The second-order valence-electron chi connectivity index (χ2n) is 5.75. The lowest BCUT2D eigenvalue weighted by molar-refractivity contribution is -0.326. The van der Waals surface area contributed by atoms with Crippen LogP contribution in [0.25, 0.3) is 0 Å².